The van der Waals surface area contributed by atoms with Crippen LogP contribution in [0.25, 0.3) is 0 Å². The summed E-state index contributed by atoms with van der Waals surface area (Å²) in [6, 6.07) is 10.4. The molecule has 3 N–H and O–H groups in total. The van der Waals surface area contributed by atoms with Gasteiger partial charge in [0.05, 0.1) is 0 Å². The first-order valence-corrected chi connectivity index (χ1v) is 7.20. The van der Waals surface area contributed by atoms with Crippen LogP contribution in [-0.4, -0.2) is 33.7 Å². The zero-order valence-corrected chi connectivity index (χ0v) is 12.3. The first kappa shape index (κ1) is 14.8. The Kier molecular flexibility index (Phi) is 4.09. The van der Waals surface area contributed by atoms with Crippen LogP contribution in [-0.2, 0) is 13.0 Å². The summed E-state index contributed by atoms with van der Waals surface area (Å²) in [7, 11) is 0. The minimum atomic E-state index is -0.910. The number of carboxylic acid groups (broad SMARTS) is 1. The first-order valence-electron chi connectivity index (χ1n) is 7.20. The molecule has 3 amide bonds. The van der Waals surface area contributed by atoms with E-state index >= 15 is 0 Å². The number of nitrogens with zero attached hydrogens (tertiary/aromatic N) is 2. The molecule has 2 heterocycles. The van der Waals surface area contributed by atoms with E-state index in [0.717, 1.165) is 11.1 Å². The molecular weight excluding hydrogens is 296 g/mol. The maximum Gasteiger partial charge on any atom is 0.407 e. The van der Waals surface area contributed by atoms with Gasteiger partial charge in [-0.15, -0.1) is 0 Å². The van der Waals surface area contributed by atoms with Crippen molar-refractivity contribution < 1.29 is 14.7 Å². The topological polar surface area (TPSA) is 94.6 Å². The van der Waals surface area contributed by atoms with Crippen LogP contribution in [0.3, 0.4) is 0 Å². The third kappa shape index (κ3) is 3.57. The minimum Gasteiger partial charge on any atom is -0.465 e. The maximum absolute atomic E-state index is 11.9. The number of benzene rings is 1. The van der Waals surface area contributed by atoms with Crippen LogP contribution in [0, 0.1) is 0 Å². The number of carbonyl (C=O) groups is 2. The van der Waals surface area contributed by atoms with Crippen molar-refractivity contribution in [2.24, 2.45) is 0 Å². The highest BCUT2D eigenvalue weighted by Crippen LogP contribution is 2.22. The first-order chi connectivity index (χ1) is 11.1. The standard InChI is InChI=1S/C16H16N4O3/c21-15(19-14-3-1-2-7-17-14)18-13-5-4-12-10-20(16(22)23)8-6-11(12)9-13/h1-5,7,9H,6,8,10H2,(H,22,23)(H2,17,18,19,21). The molecule has 0 atom stereocenters. The molecule has 118 valence electrons. The van der Waals surface area contributed by atoms with Gasteiger partial charge in [0.25, 0.3) is 0 Å². The van der Waals surface area contributed by atoms with E-state index in [4.69, 9.17) is 5.11 Å². The molecule has 0 bridgehead atoms. The molecule has 0 unspecified atom stereocenters. The highest BCUT2D eigenvalue weighted by Gasteiger charge is 2.20. The van der Waals surface area contributed by atoms with E-state index in [1.165, 1.54) is 4.90 Å². The third-order valence-corrected chi connectivity index (χ3v) is 3.65. The Hall–Kier alpha value is -3.09. The number of hydrogen-bond donors (Lipinski definition) is 3. The summed E-state index contributed by atoms with van der Waals surface area (Å²) in [6.07, 6.45) is 1.33. The molecule has 0 saturated heterocycles. The Morgan fingerprint density at radius 3 is 2.74 bits per heavy atom. The maximum atomic E-state index is 11.9. The van der Waals surface area contributed by atoms with Crippen LogP contribution in [0.2, 0.25) is 0 Å². The van der Waals surface area contributed by atoms with Gasteiger partial charge in [-0.25, -0.2) is 14.6 Å². The van der Waals surface area contributed by atoms with Gasteiger partial charge < -0.3 is 15.3 Å². The van der Waals surface area contributed by atoms with Gasteiger partial charge in [0.1, 0.15) is 5.82 Å². The molecule has 1 aliphatic heterocycles. The van der Waals surface area contributed by atoms with E-state index < -0.39 is 6.09 Å². The van der Waals surface area contributed by atoms with Gasteiger partial charge in [0, 0.05) is 25.0 Å². The van der Waals surface area contributed by atoms with Crippen LogP contribution in [0.15, 0.2) is 42.6 Å². The molecule has 1 aromatic heterocycles. The lowest BCUT2D eigenvalue weighted by molar-refractivity contribution is 0.140. The number of rotatable bonds is 2. The van der Waals surface area contributed by atoms with Gasteiger partial charge in [0.2, 0.25) is 0 Å². The van der Waals surface area contributed by atoms with E-state index in [9.17, 15) is 9.59 Å². The number of anilines is 2. The van der Waals surface area contributed by atoms with Crippen molar-refractivity contribution in [3.63, 3.8) is 0 Å². The van der Waals surface area contributed by atoms with Crippen LogP contribution in [0.5, 0.6) is 0 Å². The van der Waals surface area contributed by atoms with Gasteiger partial charge in [-0.05, 0) is 41.8 Å². The summed E-state index contributed by atoms with van der Waals surface area (Å²) < 4.78 is 0. The summed E-state index contributed by atoms with van der Waals surface area (Å²) in [5, 5.41) is 14.4. The Labute approximate surface area is 133 Å². The molecule has 0 radical (unpaired) electrons. The predicted molar refractivity (Wildman–Crippen MR) is 85.5 cm³/mol. The van der Waals surface area contributed by atoms with E-state index in [1.807, 2.05) is 12.1 Å². The fraction of sp³-hybridized carbons (Fsp3) is 0.188. The van der Waals surface area contributed by atoms with Gasteiger partial charge in [0.15, 0.2) is 0 Å². The summed E-state index contributed by atoms with van der Waals surface area (Å²) >= 11 is 0. The van der Waals surface area contributed by atoms with Crippen LogP contribution >= 0.6 is 0 Å². The molecule has 7 heteroatoms. The lowest BCUT2D eigenvalue weighted by atomic mass is 9.99. The number of aromatic nitrogens is 1. The summed E-state index contributed by atoms with van der Waals surface area (Å²) in [4.78, 5) is 28.3. The molecule has 2 aromatic rings. The molecule has 23 heavy (non-hydrogen) atoms. The van der Waals surface area contributed by atoms with E-state index in [-0.39, 0.29) is 6.03 Å². The average molecular weight is 312 g/mol. The molecule has 0 saturated carbocycles. The molecule has 7 nitrogen and oxygen atoms in total. The zero-order chi connectivity index (χ0) is 16.2. The molecule has 1 aliphatic rings. The van der Waals surface area contributed by atoms with Gasteiger partial charge in [-0.2, -0.15) is 0 Å². The van der Waals surface area contributed by atoms with Crippen molar-refractivity contribution in [1.29, 1.82) is 0 Å². The number of hydrogen-bond acceptors (Lipinski definition) is 3. The number of urea groups is 1. The van der Waals surface area contributed by atoms with Gasteiger partial charge in [-0.3, -0.25) is 5.32 Å². The number of fused-ring (bicyclic) bond motifs is 1. The molecule has 0 spiro atoms. The van der Waals surface area contributed by atoms with Crippen LogP contribution < -0.4 is 10.6 Å². The van der Waals surface area contributed by atoms with Crippen molar-refractivity contribution >= 4 is 23.6 Å². The Morgan fingerprint density at radius 2 is 2.00 bits per heavy atom. The summed E-state index contributed by atoms with van der Waals surface area (Å²) in [5.74, 6) is 0.472. The highest BCUT2D eigenvalue weighted by molar-refractivity contribution is 5.99. The second kappa shape index (κ2) is 6.35. The number of pyridine rings is 1. The average Bonchev–Trinajstić information content (AvgIpc) is 2.55. The highest BCUT2D eigenvalue weighted by atomic mass is 16.4. The summed E-state index contributed by atoms with van der Waals surface area (Å²) in [5.41, 5.74) is 2.69. The van der Waals surface area contributed by atoms with Crippen LogP contribution in [0.4, 0.5) is 21.1 Å². The van der Waals surface area contributed by atoms with E-state index in [2.05, 4.69) is 15.6 Å². The Morgan fingerprint density at radius 1 is 1.13 bits per heavy atom. The molecule has 1 aromatic carbocycles. The second-order valence-corrected chi connectivity index (χ2v) is 5.23. The Bertz CT molecular complexity index is 733. The number of nitrogens with one attached hydrogen (secondary N) is 2. The van der Waals surface area contributed by atoms with E-state index in [1.54, 1.807) is 30.5 Å². The Balaban J connectivity index is 1.66. The second-order valence-electron chi connectivity index (χ2n) is 5.23. The molecule has 0 fully saturated rings. The predicted octanol–water partition coefficient (Wildman–Crippen LogP) is 2.76. The monoisotopic (exact) mass is 312 g/mol. The fourth-order valence-electron chi connectivity index (χ4n) is 2.51. The smallest absolute Gasteiger partial charge is 0.407 e. The fourth-order valence-corrected chi connectivity index (χ4v) is 2.51. The lowest BCUT2D eigenvalue weighted by Crippen LogP contribution is -2.34. The number of amides is 3. The van der Waals surface area contributed by atoms with Gasteiger partial charge >= 0.3 is 12.1 Å². The quantitative estimate of drug-likeness (QED) is 0.794. The molecular formula is C16H16N4O3. The minimum absolute atomic E-state index is 0.369. The van der Waals surface area contributed by atoms with Crippen molar-refractivity contribution in [2.45, 2.75) is 13.0 Å². The van der Waals surface area contributed by atoms with Crippen molar-refractivity contribution in [1.82, 2.24) is 9.88 Å². The molecule has 0 aliphatic carbocycles. The van der Waals surface area contributed by atoms with Gasteiger partial charge in [-0.1, -0.05) is 12.1 Å². The van der Waals surface area contributed by atoms with Crippen molar-refractivity contribution in [3.05, 3.63) is 53.7 Å². The zero-order valence-electron chi connectivity index (χ0n) is 12.3. The van der Waals surface area contributed by atoms with Crippen molar-refractivity contribution in [3.8, 4) is 0 Å². The normalized spacial score (nSPS) is 13.1. The van der Waals surface area contributed by atoms with E-state index in [0.29, 0.717) is 31.0 Å². The largest absolute Gasteiger partial charge is 0.465 e. The lowest BCUT2D eigenvalue weighted by Gasteiger charge is -2.26. The molecule has 3 rings (SSSR count). The number of carbonyl (C=O) groups excluding carboxylic acids is 1. The third-order valence-electron chi connectivity index (χ3n) is 3.65. The SMILES string of the molecule is O=C(Nc1ccc2c(c1)CCN(C(=O)O)C2)Nc1ccccn1. The van der Waals surface area contributed by atoms with Crippen molar-refractivity contribution in [2.75, 3.05) is 17.2 Å². The van der Waals surface area contributed by atoms with Crippen LogP contribution in [0.1, 0.15) is 11.1 Å². The summed E-state index contributed by atoms with van der Waals surface area (Å²) in [6.45, 7) is 0.844.